The third kappa shape index (κ3) is 3.58. The van der Waals surface area contributed by atoms with Crippen LogP contribution in [0.1, 0.15) is 65.7 Å². The maximum Gasteiger partial charge on any atom is 0.227 e. The van der Waals surface area contributed by atoms with E-state index in [4.69, 9.17) is 0 Å². The van der Waals surface area contributed by atoms with Gasteiger partial charge in [0.25, 0.3) is 0 Å². The van der Waals surface area contributed by atoms with Crippen molar-refractivity contribution in [1.29, 1.82) is 0 Å². The number of nitrogens with one attached hydrogen (secondary N) is 1. The largest absolute Gasteiger partial charge is 0.353 e. The molecule has 1 heterocycles. The zero-order valence-electron chi connectivity index (χ0n) is 17.2. The molecule has 2 fully saturated rings. The first-order chi connectivity index (χ1) is 12.9. The fourth-order valence-corrected chi connectivity index (χ4v) is 5.94. The van der Waals surface area contributed by atoms with Crippen molar-refractivity contribution < 1.29 is 9.59 Å². The molecular weight excluding hydrogens is 334 g/mol. The van der Waals surface area contributed by atoms with Crippen LogP contribution in [0.5, 0.6) is 0 Å². The number of carbonyl (C=O) groups is 2. The lowest BCUT2D eigenvalue weighted by molar-refractivity contribution is -0.139. The Morgan fingerprint density at radius 3 is 2.37 bits per heavy atom. The molecule has 0 aromatic heterocycles. The van der Waals surface area contributed by atoms with Gasteiger partial charge >= 0.3 is 0 Å². The van der Waals surface area contributed by atoms with Crippen LogP contribution in [-0.2, 0) is 9.59 Å². The molecular formula is C24H35NO2. The average Bonchev–Trinajstić information content (AvgIpc) is 2.87. The molecule has 2 aliphatic carbocycles. The number of allylic oxidation sites excluding steroid dienone is 5. The summed E-state index contributed by atoms with van der Waals surface area (Å²) >= 11 is 0. The van der Waals surface area contributed by atoms with E-state index in [1.165, 1.54) is 24.8 Å². The first kappa shape index (κ1) is 20.1. The second kappa shape index (κ2) is 8.16. The molecule has 3 heteroatoms. The minimum absolute atomic E-state index is 0.0384. The fourth-order valence-electron chi connectivity index (χ4n) is 5.94. The SMILES string of the molecule is C=C1C(C)C2[C@H](C)NC(=O)[C@]23CC(=O)/C=C/CCCCCC/C=C/[C@H]3C1C. The summed E-state index contributed by atoms with van der Waals surface area (Å²) in [6, 6.07) is 0.0725. The van der Waals surface area contributed by atoms with Gasteiger partial charge in [0, 0.05) is 18.4 Å². The van der Waals surface area contributed by atoms with Crippen LogP contribution >= 0.6 is 0 Å². The van der Waals surface area contributed by atoms with Crippen LogP contribution in [0.15, 0.2) is 36.5 Å². The van der Waals surface area contributed by atoms with Gasteiger partial charge in [-0.2, -0.15) is 0 Å². The topological polar surface area (TPSA) is 46.2 Å². The van der Waals surface area contributed by atoms with E-state index in [2.05, 4.69) is 44.8 Å². The molecule has 148 valence electrons. The summed E-state index contributed by atoms with van der Waals surface area (Å²) in [5.41, 5.74) is 0.569. The predicted molar refractivity (Wildman–Crippen MR) is 110 cm³/mol. The van der Waals surface area contributed by atoms with Crippen molar-refractivity contribution in [3.8, 4) is 0 Å². The Morgan fingerprint density at radius 2 is 1.67 bits per heavy atom. The van der Waals surface area contributed by atoms with E-state index >= 15 is 0 Å². The van der Waals surface area contributed by atoms with Gasteiger partial charge in [0.15, 0.2) is 5.78 Å². The van der Waals surface area contributed by atoms with Gasteiger partial charge in [-0.15, -0.1) is 0 Å². The van der Waals surface area contributed by atoms with Crippen LogP contribution in [0.2, 0.25) is 0 Å². The molecule has 0 radical (unpaired) electrons. The predicted octanol–water partition coefficient (Wildman–Crippen LogP) is 4.99. The Kier molecular flexibility index (Phi) is 6.08. The summed E-state index contributed by atoms with van der Waals surface area (Å²) in [4.78, 5) is 26.2. The minimum atomic E-state index is -0.651. The van der Waals surface area contributed by atoms with Crippen molar-refractivity contribution >= 4 is 11.7 Å². The van der Waals surface area contributed by atoms with Crippen LogP contribution in [-0.4, -0.2) is 17.7 Å². The molecule has 1 saturated heterocycles. The Bertz CT molecular complexity index is 661. The van der Waals surface area contributed by atoms with E-state index in [9.17, 15) is 9.59 Å². The quantitative estimate of drug-likeness (QED) is 0.611. The number of carbonyl (C=O) groups excluding carboxylic acids is 2. The van der Waals surface area contributed by atoms with Gasteiger partial charge in [-0.3, -0.25) is 9.59 Å². The summed E-state index contributed by atoms with van der Waals surface area (Å²) in [5.74, 6) is 0.744. The van der Waals surface area contributed by atoms with Crippen molar-refractivity contribution in [1.82, 2.24) is 5.32 Å². The van der Waals surface area contributed by atoms with Crippen molar-refractivity contribution in [3.63, 3.8) is 0 Å². The molecule has 3 unspecified atom stereocenters. The first-order valence-electron chi connectivity index (χ1n) is 10.7. The molecule has 3 nitrogen and oxygen atoms in total. The Morgan fingerprint density at radius 1 is 1.00 bits per heavy atom. The first-order valence-corrected chi connectivity index (χ1v) is 10.7. The van der Waals surface area contributed by atoms with E-state index in [1.54, 1.807) is 6.08 Å². The maximum atomic E-state index is 13.3. The van der Waals surface area contributed by atoms with Crippen molar-refractivity contribution in [2.45, 2.75) is 71.8 Å². The van der Waals surface area contributed by atoms with Gasteiger partial charge in [0.2, 0.25) is 5.91 Å². The zero-order chi connectivity index (χ0) is 19.6. The summed E-state index contributed by atoms with van der Waals surface area (Å²) in [7, 11) is 0. The van der Waals surface area contributed by atoms with Gasteiger partial charge in [-0.25, -0.2) is 0 Å². The third-order valence-corrected chi connectivity index (χ3v) is 7.36. The molecule has 1 N–H and O–H groups in total. The van der Waals surface area contributed by atoms with Gasteiger partial charge in [-0.1, -0.05) is 57.1 Å². The van der Waals surface area contributed by atoms with Crippen molar-refractivity contribution in [2.75, 3.05) is 0 Å². The molecule has 27 heavy (non-hydrogen) atoms. The molecule has 3 aliphatic rings. The van der Waals surface area contributed by atoms with E-state index in [-0.39, 0.29) is 41.4 Å². The van der Waals surface area contributed by atoms with Crippen LogP contribution in [0.25, 0.3) is 0 Å². The Balaban J connectivity index is 2.05. The molecule has 0 aromatic rings. The zero-order valence-corrected chi connectivity index (χ0v) is 17.2. The molecule has 6 atom stereocenters. The Labute approximate surface area is 164 Å². The van der Waals surface area contributed by atoms with Gasteiger partial charge < -0.3 is 5.32 Å². The summed E-state index contributed by atoms with van der Waals surface area (Å²) < 4.78 is 0. The summed E-state index contributed by atoms with van der Waals surface area (Å²) in [6.07, 6.45) is 15.3. The van der Waals surface area contributed by atoms with E-state index in [0.717, 1.165) is 19.3 Å². The molecule has 1 amide bonds. The van der Waals surface area contributed by atoms with E-state index in [1.807, 2.05) is 6.08 Å². The van der Waals surface area contributed by atoms with E-state index in [0.29, 0.717) is 6.42 Å². The van der Waals surface area contributed by atoms with Crippen LogP contribution in [0.3, 0.4) is 0 Å². The van der Waals surface area contributed by atoms with Crippen LogP contribution in [0.4, 0.5) is 0 Å². The highest BCUT2D eigenvalue weighted by atomic mass is 16.2. The van der Waals surface area contributed by atoms with Crippen LogP contribution in [0, 0.1) is 29.1 Å². The number of hydrogen-bond acceptors (Lipinski definition) is 2. The monoisotopic (exact) mass is 369 g/mol. The molecule has 1 saturated carbocycles. The lowest BCUT2D eigenvalue weighted by Gasteiger charge is -2.50. The molecule has 0 aromatic carbocycles. The minimum Gasteiger partial charge on any atom is -0.353 e. The number of amides is 1. The normalized spacial score (nSPS) is 43.2. The second-order valence-corrected chi connectivity index (χ2v) is 8.97. The lowest BCUT2D eigenvalue weighted by atomic mass is 9.50. The van der Waals surface area contributed by atoms with E-state index < -0.39 is 5.41 Å². The Hall–Kier alpha value is -1.64. The lowest BCUT2D eigenvalue weighted by Crippen LogP contribution is -2.52. The second-order valence-electron chi connectivity index (χ2n) is 8.97. The highest BCUT2D eigenvalue weighted by molar-refractivity contribution is 5.97. The molecule has 0 bridgehead atoms. The molecule has 1 aliphatic heterocycles. The van der Waals surface area contributed by atoms with Crippen molar-refractivity contribution in [2.24, 2.45) is 29.1 Å². The average molecular weight is 370 g/mol. The standard InChI is InChI=1S/C24H35NO2/c1-16-17(2)21-14-12-10-8-6-5-7-9-11-13-20(26)15-24(21)22(18(16)3)19(4)25-23(24)27/h11-14,17-19,21-22H,1,5-10,15H2,2-4H3,(H,25,27)/b13-11+,14-12+/t17?,18?,19-,21-,22?,24-/m0/s1. The smallest absolute Gasteiger partial charge is 0.227 e. The number of rotatable bonds is 0. The molecule has 3 rings (SSSR count). The van der Waals surface area contributed by atoms with Gasteiger partial charge in [0.1, 0.15) is 0 Å². The third-order valence-electron chi connectivity index (χ3n) is 7.36. The molecule has 1 spiro atoms. The highest BCUT2D eigenvalue weighted by Gasteiger charge is 2.63. The van der Waals surface area contributed by atoms with Crippen molar-refractivity contribution in [3.05, 3.63) is 36.5 Å². The number of ketones is 1. The number of hydrogen-bond donors (Lipinski definition) is 1. The van der Waals surface area contributed by atoms with Gasteiger partial charge in [-0.05, 0) is 56.4 Å². The maximum absolute atomic E-state index is 13.3. The highest BCUT2D eigenvalue weighted by Crippen LogP contribution is 2.59. The van der Waals surface area contributed by atoms with Crippen LogP contribution < -0.4 is 5.32 Å². The van der Waals surface area contributed by atoms with Gasteiger partial charge in [0.05, 0.1) is 5.41 Å². The summed E-state index contributed by atoms with van der Waals surface area (Å²) in [6.45, 7) is 10.8. The fraction of sp³-hybridized carbons (Fsp3) is 0.667. The summed E-state index contributed by atoms with van der Waals surface area (Å²) in [5, 5.41) is 3.19.